The number of aromatic nitrogens is 1. The topological polar surface area (TPSA) is 88.8 Å². The van der Waals surface area contributed by atoms with Crippen LogP contribution in [-0.2, 0) is 37.0 Å². The Morgan fingerprint density at radius 2 is 1.53 bits per heavy atom. The number of unbranched alkanes of at least 4 members (excludes halogenated alkanes) is 4. The third-order valence-corrected chi connectivity index (χ3v) is 10.5. The van der Waals surface area contributed by atoms with Crippen LogP contribution in [-0.4, -0.2) is 33.3 Å². The molecule has 2 N–H and O–H groups in total. The molecule has 7 rings (SSSR count). The molecule has 3 aliphatic carbocycles. The summed E-state index contributed by atoms with van der Waals surface area (Å²) in [6, 6.07) is 28.4. The van der Waals surface area contributed by atoms with Gasteiger partial charge in [0.2, 0.25) is 0 Å². The maximum atomic E-state index is 12.6. The fraction of sp³-hybridized carbons (Fsp3) is 0.378. The normalized spacial score (nSPS) is 14.0. The second-order valence-electron chi connectivity index (χ2n) is 14.0. The van der Waals surface area contributed by atoms with Crippen molar-refractivity contribution in [3.05, 3.63) is 124 Å². The molecule has 1 aromatic heterocycles. The Morgan fingerprint density at radius 1 is 0.784 bits per heavy atom. The second kappa shape index (κ2) is 16.9. The van der Waals surface area contributed by atoms with Crippen molar-refractivity contribution in [2.75, 3.05) is 6.61 Å². The van der Waals surface area contributed by atoms with Crippen LogP contribution in [0.2, 0.25) is 0 Å². The number of aryl methyl sites for hydroxylation is 3. The van der Waals surface area contributed by atoms with Gasteiger partial charge in [0, 0.05) is 17.6 Å². The van der Waals surface area contributed by atoms with E-state index >= 15 is 0 Å². The van der Waals surface area contributed by atoms with Gasteiger partial charge < -0.3 is 19.5 Å². The highest BCUT2D eigenvalue weighted by Gasteiger charge is 2.33. The van der Waals surface area contributed by atoms with E-state index in [9.17, 15) is 19.8 Å². The molecule has 4 aromatic rings. The predicted octanol–water partition coefficient (Wildman–Crippen LogP) is 10.6. The Hall–Kier alpha value is -4.84. The number of aromatic carboxylic acids is 1. The number of nitrogens with zero attached hydrogens (tertiary/aromatic N) is 1. The van der Waals surface area contributed by atoms with Crippen LogP contribution in [0.3, 0.4) is 0 Å². The SMILES string of the molecule is CCCCCCCc1cc(OCCCc2ccc(C(=O)O)cc2)cc2c3c(n(Cc4ccccc4CC)c12)CCCC3C(=O)O.c1cc2cc-2c1. The lowest BCUT2D eigenvalue weighted by Crippen LogP contribution is -2.19. The van der Waals surface area contributed by atoms with Crippen LogP contribution in [0.4, 0.5) is 0 Å². The number of ether oxygens (including phenoxy) is 1. The molecule has 3 aromatic carbocycles. The number of aliphatic carboxylic acids is 1. The molecule has 6 heteroatoms. The third-order valence-electron chi connectivity index (χ3n) is 10.5. The first-order chi connectivity index (χ1) is 24.9. The van der Waals surface area contributed by atoms with E-state index in [1.807, 2.05) is 12.1 Å². The van der Waals surface area contributed by atoms with Crippen molar-refractivity contribution in [1.29, 1.82) is 0 Å². The molecule has 0 saturated carbocycles. The molecule has 1 unspecified atom stereocenters. The average molecular weight is 686 g/mol. The number of hydrogen-bond donors (Lipinski definition) is 2. The fourth-order valence-corrected chi connectivity index (χ4v) is 7.70. The number of carboxylic acid groups (broad SMARTS) is 2. The van der Waals surface area contributed by atoms with Crippen LogP contribution < -0.4 is 4.74 Å². The first-order valence-electron chi connectivity index (χ1n) is 18.9. The first kappa shape index (κ1) is 36.0. The molecule has 0 aliphatic heterocycles. The minimum Gasteiger partial charge on any atom is -0.494 e. The number of carbonyl (C=O) groups is 2. The highest BCUT2D eigenvalue weighted by Crippen LogP contribution is 2.43. The number of hydrogen-bond acceptors (Lipinski definition) is 3. The van der Waals surface area contributed by atoms with Crippen molar-refractivity contribution >= 4 is 22.8 Å². The highest BCUT2D eigenvalue weighted by atomic mass is 16.5. The van der Waals surface area contributed by atoms with Gasteiger partial charge in [-0.1, -0.05) is 94.1 Å². The summed E-state index contributed by atoms with van der Waals surface area (Å²) in [4.78, 5) is 23.8. The van der Waals surface area contributed by atoms with Gasteiger partial charge in [-0.2, -0.15) is 0 Å². The van der Waals surface area contributed by atoms with E-state index < -0.39 is 17.9 Å². The zero-order chi connectivity index (χ0) is 35.7. The fourth-order valence-electron chi connectivity index (χ4n) is 7.70. The molecular formula is C45H51NO5. The minimum atomic E-state index is -0.919. The molecule has 6 nitrogen and oxygen atoms in total. The van der Waals surface area contributed by atoms with Gasteiger partial charge in [-0.15, -0.1) is 0 Å². The Bertz CT molecular complexity index is 1950. The average Bonchev–Trinajstić information content (AvgIpc) is 3.61. The van der Waals surface area contributed by atoms with Gasteiger partial charge in [-0.25, -0.2) is 4.79 Å². The van der Waals surface area contributed by atoms with E-state index in [0.29, 0.717) is 18.6 Å². The van der Waals surface area contributed by atoms with Gasteiger partial charge in [-0.05, 0) is 121 Å². The molecule has 3 aliphatic rings. The zero-order valence-corrected chi connectivity index (χ0v) is 30.1. The molecule has 0 fully saturated rings. The highest BCUT2D eigenvalue weighted by molar-refractivity contribution is 5.94. The summed E-state index contributed by atoms with van der Waals surface area (Å²) in [5, 5.41) is 20.6. The third kappa shape index (κ3) is 8.73. The number of carboxylic acids is 2. The van der Waals surface area contributed by atoms with E-state index in [1.54, 1.807) is 12.1 Å². The summed E-state index contributed by atoms with van der Waals surface area (Å²) in [5.74, 6) is -1.38. The molecule has 1 heterocycles. The summed E-state index contributed by atoms with van der Waals surface area (Å²) >= 11 is 0. The monoisotopic (exact) mass is 685 g/mol. The van der Waals surface area contributed by atoms with Crippen molar-refractivity contribution in [2.45, 2.75) is 103 Å². The van der Waals surface area contributed by atoms with Crippen LogP contribution in [0.25, 0.3) is 22.0 Å². The zero-order valence-electron chi connectivity index (χ0n) is 30.1. The number of rotatable bonds is 16. The molecule has 266 valence electrons. The van der Waals surface area contributed by atoms with Gasteiger partial charge in [-0.3, -0.25) is 4.79 Å². The quantitative estimate of drug-likeness (QED) is 0.0990. The number of fused-ring (bicyclic) bond motifs is 4. The van der Waals surface area contributed by atoms with E-state index in [1.165, 1.54) is 64.7 Å². The van der Waals surface area contributed by atoms with Crippen molar-refractivity contribution < 1.29 is 24.5 Å². The molecule has 1 atom stereocenters. The molecular weight excluding hydrogens is 634 g/mol. The summed E-state index contributed by atoms with van der Waals surface area (Å²) < 4.78 is 8.83. The predicted molar refractivity (Wildman–Crippen MR) is 205 cm³/mol. The van der Waals surface area contributed by atoms with E-state index in [4.69, 9.17) is 4.74 Å². The van der Waals surface area contributed by atoms with Crippen molar-refractivity contribution in [3.8, 4) is 16.9 Å². The molecule has 0 saturated heterocycles. The van der Waals surface area contributed by atoms with Crippen LogP contribution in [0.15, 0.2) is 84.9 Å². The van der Waals surface area contributed by atoms with Gasteiger partial charge in [0.1, 0.15) is 5.75 Å². The lowest BCUT2D eigenvalue weighted by Gasteiger charge is -2.22. The van der Waals surface area contributed by atoms with Crippen molar-refractivity contribution in [1.82, 2.24) is 4.57 Å². The summed E-state index contributed by atoms with van der Waals surface area (Å²) in [6.45, 7) is 5.70. The van der Waals surface area contributed by atoms with Gasteiger partial charge in [0.25, 0.3) is 0 Å². The Morgan fingerprint density at radius 3 is 2.18 bits per heavy atom. The lowest BCUT2D eigenvalue weighted by molar-refractivity contribution is -0.139. The molecule has 0 amide bonds. The summed E-state index contributed by atoms with van der Waals surface area (Å²) in [6.07, 6.45) is 11.8. The molecule has 51 heavy (non-hydrogen) atoms. The van der Waals surface area contributed by atoms with Gasteiger partial charge in [0.15, 0.2) is 0 Å². The van der Waals surface area contributed by atoms with E-state index in [2.05, 4.69) is 79.1 Å². The standard InChI is InChI=1S/C39H47NO5.C6H4/c1-3-5-6-7-8-15-30-24-32(45-23-12-13-27-19-21-29(22-20-27)38(41)42)25-34-36-33(39(43)44)17-11-18-35(36)40(37(30)34)26-31-16-10-9-14-28(31)4-2;1-2-5-4-6(5)3-1/h9-10,14,16,19-22,24-25,33H,3-8,11-13,15,17-18,23,26H2,1-2H3,(H,41,42)(H,43,44);1-4H. The molecule has 0 bridgehead atoms. The van der Waals surface area contributed by atoms with Crippen molar-refractivity contribution in [2.24, 2.45) is 0 Å². The molecule has 0 radical (unpaired) electrons. The van der Waals surface area contributed by atoms with Crippen LogP contribution in [0.5, 0.6) is 5.75 Å². The van der Waals surface area contributed by atoms with Gasteiger partial charge >= 0.3 is 11.9 Å². The smallest absolute Gasteiger partial charge is 0.335 e. The first-order valence-corrected chi connectivity index (χ1v) is 18.9. The Balaban J connectivity index is 0.000000666. The Kier molecular flexibility index (Phi) is 11.9. The maximum Gasteiger partial charge on any atom is 0.335 e. The minimum absolute atomic E-state index is 0.290. The second-order valence-corrected chi connectivity index (χ2v) is 14.0. The number of benzene rings is 4. The van der Waals surface area contributed by atoms with Crippen LogP contribution in [0.1, 0.15) is 115 Å². The van der Waals surface area contributed by atoms with E-state index in [-0.39, 0.29) is 0 Å². The van der Waals surface area contributed by atoms with Crippen LogP contribution >= 0.6 is 0 Å². The maximum absolute atomic E-state index is 12.6. The van der Waals surface area contributed by atoms with Crippen molar-refractivity contribution in [3.63, 3.8) is 0 Å². The van der Waals surface area contributed by atoms with Gasteiger partial charge in [0.05, 0.1) is 23.6 Å². The molecule has 0 spiro atoms. The largest absolute Gasteiger partial charge is 0.494 e. The summed E-state index contributed by atoms with van der Waals surface area (Å²) in [7, 11) is 0. The Labute approximate surface area is 302 Å². The van der Waals surface area contributed by atoms with Crippen LogP contribution in [0, 0.1) is 0 Å². The lowest BCUT2D eigenvalue weighted by atomic mass is 9.85. The van der Waals surface area contributed by atoms with E-state index in [0.717, 1.165) is 73.8 Å². The summed E-state index contributed by atoms with van der Waals surface area (Å²) in [5.41, 5.74) is 11.4.